The molecule has 1 N–H and O–H groups in total. The van der Waals surface area contributed by atoms with Crippen molar-refractivity contribution in [1.29, 1.82) is 0 Å². The van der Waals surface area contributed by atoms with E-state index in [-0.39, 0.29) is 24.3 Å². The minimum atomic E-state index is -1.34. The fraction of sp³-hybridized carbons (Fsp3) is 0.931. The van der Waals surface area contributed by atoms with Crippen LogP contribution in [0.15, 0.2) is 0 Å². The molecule has 0 spiro atoms. The summed E-state index contributed by atoms with van der Waals surface area (Å²) in [7, 11) is 0. The second-order valence-corrected chi connectivity index (χ2v) is 13.3. The van der Waals surface area contributed by atoms with Crippen molar-refractivity contribution >= 4 is 11.8 Å². The number of hydrogen-bond acceptors (Lipinski definition) is 4. The van der Waals surface area contributed by atoms with Gasteiger partial charge in [-0.2, -0.15) is 0 Å². The molecule has 4 heteroatoms. The first-order valence-corrected chi connectivity index (χ1v) is 13.8. The Bertz CT molecular complexity index is 761. The molecule has 0 aromatic rings. The third kappa shape index (κ3) is 4.10. The normalized spacial score (nSPS) is 45.8. The first-order chi connectivity index (χ1) is 15.4. The van der Waals surface area contributed by atoms with Gasteiger partial charge in [0.2, 0.25) is 0 Å². The number of hydrogen-bond donors (Lipinski definition) is 1. The summed E-state index contributed by atoms with van der Waals surface area (Å²) in [4.78, 5) is 25.1. The van der Waals surface area contributed by atoms with Crippen LogP contribution < -0.4 is 0 Å². The molecule has 188 valence electrons. The Morgan fingerprint density at radius 2 is 1.79 bits per heavy atom. The molecule has 0 aromatic heterocycles. The fourth-order valence-electron chi connectivity index (χ4n) is 9.36. The Labute approximate surface area is 201 Å². The van der Waals surface area contributed by atoms with Gasteiger partial charge in [-0.1, -0.05) is 53.9 Å². The van der Waals surface area contributed by atoms with E-state index in [1.54, 1.807) is 0 Å². The van der Waals surface area contributed by atoms with Gasteiger partial charge >= 0.3 is 5.97 Å². The summed E-state index contributed by atoms with van der Waals surface area (Å²) >= 11 is 0. The summed E-state index contributed by atoms with van der Waals surface area (Å²) in [6, 6.07) is 0. The van der Waals surface area contributed by atoms with Gasteiger partial charge in [-0.05, 0) is 79.4 Å². The van der Waals surface area contributed by atoms with Crippen molar-refractivity contribution in [3.8, 4) is 0 Å². The fourth-order valence-corrected chi connectivity index (χ4v) is 9.36. The van der Waals surface area contributed by atoms with E-state index in [4.69, 9.17) is 4.74 Å². The molecule has 0 saturated heterocycles. The van der Waals surface area contributed by atoms with Crippen molar-refractivity contribution in [2.24, 2.45) is 46.3 Å². The van der Waals surface area contributed by atoms with Crippen molar-refractivity contribution in [3.05, 3.63) is 0 Å². The maximum atomic E-state index is 13.6. The van der Waals surface area contributed by atoms with Crippen LogP contribution in [-0.4, -0.2) is 28.6 Å². The van der Waals surface area contributed by atoms with Gasteiger partial charge in [0.15, 0.2) is 5.78 Å². The second kappa shape index (κ2) is 8.95. The SMILES string of the molecule is CC(=O)O[C@H]1CC[C@]2(C)[C@H]3CC[C@]4(C)[C@@H]([C@H](C)CCCC(C)C)CC[C@H]4[C@@H]3CC(=O)C2(O)C1. The average molecular weight is 461 g/mol. The zero-order valence-corrected chi connectivity index (χ0v) is 22.0. The standard InChI is InChI=1S/C29H48O4/c1-18(2)8-7-9-19(3)23-10-11-24-22-16-26(31)29(32)17-21(33-20(4)30)12-15-28(29,6)25(22)13-14-27(23,24)5/h18-19,21-25,32H,7-17H2,1-6H3/t19-,21+,22+,23-,24+,25+,27-,28-,29?/m1/s1. The summed E-state index contributed by atoms with van der Waals surface area (Å²) in [5.74, 6) is 3.39. The topological polar surface area (TPSA) is 63.6 Å². The van der Waals surface area contributed by atoms with E-state index in [0.717, 1.165) is 37.0 Å². The molecule has 4 rings (SSSR count). The third-order valence-electron chi connectivity index (χ3n) is 11.1. The Balaban J connectivity index is 1.52. The lowest BCUT2D eigenvalue weighted by Crippen LogP contribution is -2.67. The van der Waals surface area contributed by atoms with Gasteiger partial charge in [0.1, 0.15) is 11.7 Å². The van der Waals surface area contributed by atoms with Gasteiger partial charge in [-0.3, -0.25) is 9.59 Å². The number of ketones is 1. The Morgan fingerprint density at radius 1 is 1.06 bits per heavy atom. The third-order valence-corrected chi connectivity index (χ3v) is 11.1. The highest BCUT2D eigenvalue weighted by molar-refractivity contribution is 5.89. The van der Waals surface area contributed by atoms with E-state index in [1.165, 1.54) is 45.4 Å². The maximum Gasteiger partial charge on any atom is 0.302 e. The first-order valence-electron chi connectivity index (χ1n) is 13.8. The number of rotatable bonds is 6. The van der Waals surface area contributed by atoms with Crippen molar-refractivity contribution < 1.29 is 19.4 Å². The molecule has 0 aliphatic heterocycles. The quantitative estimate of drug-likeness (QED) is 0.470. The lowest BCUT2D eigenvalue weighted by Gasteiger charge is -2.63. The number of fused-ring (bicyclic) bond motifs is 5. The number of aliphatic hydroxyl groups is 1. The number of carbonyl (C=O) groups excluding carboxylic acids is 2. The summed E-state index contributed by atoms with van der Waals surface area (Å²) < 4.78 is 5.46. The second-order valence-electron chi connectivity index (χ2n) is 13.3. The molecule has 0 amide bonds. The number of carbonyl (C=O) groups is 2. The van der Waals surface area contributed by atoms with Gasteiger partial charge in [0, 0.05) is 25.2 Å². The zero-order valence-electron chi connectivity index (χ0n) is 22.0. The first kappa shape index (κ1) is 25.2. The number of ether oxygens (including phenoxy) is 1. The van der Waals surface area contributed by atoms with Crippen LogP contribution in [0.25, 0.3) is 0 Å². The van der Waals surface area contributed by atoms with Crippen molar-refractivity contribution in [2.45, 2.75) is 124 Å². The van der Waals surface area contributed by atoms with Crippen LogP contribution in [0.2, 0.25) is 0 Å². The Kier molecular flexibility index (Phi) is 6.84. The van der Waals surface area contributed by atoms with Crippen LogP contribution >= 0.6 is 0 Å². The molecule has 0 aromatic carbocycles. The molecule has 0 bridgehead atoms. The summed E-state index contributed by atoms with van der Waals surface area (Å²) in [6.07, 6.45) is 10.9. The minimum Gasteiger partial charge on any atom is -0.462 e. The number of Topliss-reactive ketones (excluding diaryl/α,β-unsaturated/α-hetero) is 1. The summed E-state index contributed by atoms with van der Waals surface area (Å²) in [5.41, 5.74) is -1.41. The van der Waals surface area contributed by atoms with Gasteiger partial charge in [0.05, 0.1) is 0 Å². The smallest absolute Gasteiger partial charge is 0.302 e. The minimum absolute atomic E-state index is 0.0146. The van der Waals surface area contributed by atoms with E-state index in [0.29, 0.717) is 29.6 Å². The monoisotopic (exact) mass is 460 g/mol. The van der Waals surface area contributed by atoms with Crippen LogP contribution in [0.4, 0.5) is 0 Å². The summed E-state index contributed by atoms with van der Waals surface area (Å²) in [6.45, 7) is 13.2. The molecule has 0 heterocycles. The van der Waals surface area contributed by atoms with Crippen LogP contribution in [0.3, 0.4) is 0 Å². The molecular weight excluding hydrogens is 412 g/mol. The molecule has 4 aliphatic carbocycles. The van der Waals surface area contributed by atoms with Gasteiger partial charge in [0.25, 0.3) is 0 Å². The maximum absolute atomic E-state index is 13.6. The van der Waals surface area contributed by atoms with Crippen molar-refractivity contribution in [2.75, 3.05) is 0 Å². The van der Waals surface area contributed by atoms with Crippen molar-refractivity contribution in [1.82, 2.24) is 0 Å². The van der Waals surface area contributed by atoms with Gasteiger partial charge < -0.3 is 9.84 Å². The average Bonchev–Trinajstić information content (AvgIpc) is 3.07. The molecule has 9 atom stereocenters. The molecule has 4 aliphatic rings. The molecular formula is C29H48O4. The van der Waals surface area contributed by atoms with Crippen LogP contribution in [0.1, 0.15) is 112 Å². The van der Waals surface area contributed by atoms with Crippen LogP contribution in [-0.2, 0) is 14.3 Å². The van der Waals surface area contributed by atoms with E-state index < -0.39 is 11.0 Å². The van der Waals surface area contributed by atoms with E-state index >= 15 is 0 Å². The predicted octanol–water partition coefficient (Wildman–Crippen LogP) is 6.33. The largest absolute Gasteiger partial charge is 0.462 e. The molecule has 0 radical (unpaired) electrons. The van der Waals surface area contributed by atoms with E-state index in [9.17, 15) is 14.7 Å². The van der Waals surface area contributed by atoms with Gasteiger partial charge in [-0.15, -0.1) is 0 Å². The number of esters is 1. The Morgan fingerprint density at radius 3 is 2.45 bits per heavy atom. The Hall–Kier alpha value is -0.900. The molecule has 33 heavy (non-hydrogen) atoms. The van der Waals surface area contributed by atoms with Gasteiger partial charge in [-0.25, -0.2) is 0 Å². The highest BCUT2D eigenvalue weighted by atomic mass is 16.5. The summed E-state index contributed by atoms with van der Waals surface area (Å²) in [5, 5.41) is 11.8. The van der Waals surface area contributed by atoms with E-state index in [1.807, 2.05) is 0 Å². The van der Waals surface area contributed by atoms with Crippen LogP contribution in [0.5, 0.6) is 0 Å². The molecule has 1 unspecified atom stereocenters. The highest BCUT2D eigenvalue weighted by Crippen LogP contribution is 2.68. The molecule has 4 nitrogen and oxygen atoms in total. The predicted molar refractivity (Wildman–Crippen MR) is 130 cm³/mol. The van der Waals surface area contributed by atoms with Crippen molar-refractivity contribution in [3.63, 3.8) is 0 Å². The zero-order chi connectivity index (χ0) is 24.2. The lowest BCUT2D eigenvalue weighted by molar-refractivity contribution is -0.217. The molecule has 4 fully saturated rings. The molecule has 4 saturated carbocycles. The van der Waals surface area contributed by atoms with E-state index in [2.05, 4.69) is 34.6 Å². The van der Waals surface area contributed by atoms with Crippen LogP contribution in [0, 0.1) is 46.3 Å². The lowest BCUT2D eigenvalue weighted by atomic mass is 9.42. The highest BCUT2D eigenvalue weighted by Gasteiger charge is 2.68.